The highest BCUT2D eigenvalue weighted by molar-refractivity contribution is 6.25. The van der Waals surface area contributed by atoms with Crippen LogP contribution >= 0.6 is 0 Å². The number of benzene rings is 3. The number of carbonyl (C=O) groups excluding carboxylic acids is 4. The number of aliphatic hydroxyl groups is 3. The minimum Gasteiger partial charge on any atom is -0.511 e. The number of ketones is 3. The van der Waals surface area contributed by atoms with Crippen molar-refractivity contribution >= 4 is 34.1 Å². The van der Waals surface area contributed by atoms with Gasteiger partial charge in [-0.15, -0.1) is 0 Å². The summed E-state index contributed by atoms with van der Waals surface area (Å²) >= 11 is 0. The number of carbonyl (C=O) groups is 4. The van der Waals surface area contributed by atoms with E-state index in [9.17, 15) is 39.6 Å². The number of aliphatic hydroxyl groups excluding tert-OH is 2. The molecule has 3 aliphatic carbocycles. The molecule has 4 atom stereocenters. The first kappa shape index (κ1) is 35.1. The predicted molar refractivity (Wildman–Crippen MR) is 188 cm³/mol. The van der Waals surface area contributed by atoms with Crippen molar-refractivity contribution < 1.29 is 44.3 Å². The van der Waals surface area contributed by atoms with Crippen molar-refractivity contribution in [3.05, 3.63) is 87.9 Å². The van der Waals surface area contributed by atoms with Crippen LogP contribution in [0.2, 0.25) is 0 Å². The zero-order valence-electron chi connectivity index (χ0n) is 29.3. The van der Waals surface area contributed by atoms with E-state index in [2.05, 4.69) is 0 Å². The maximum Gasteiger partial charge on any atom is 0.305 e. The van der Waals surface area contributed by atoms with Crippen LogP contribution in [0.3, 0.4) is 0 Å². The Morgan fingerprint density at radius 3 is 2.26 bits per heavy atom. The van der Waals surface area contributed by atoms with Crippen molar-refractivity contribution in [2.45, 2.75) is 79.2 Å². The maximum absolute atomic E-state index is 14.6. The number of aryl methyl sites for hydroxylation is 1. The Kier molecular flexibility index (Phi) is 8.58. The number of hydrogen-bond donors (Lipinski definition) is 4. The van der Waals surface area contributed by atoms with Gasteiger partial charge in [0, 0.05) is 28.7 Å². The molecule has 0 spiro atoms. The average Bonchev–Trinajstić information content (AvgIpc) is 3.03. The molecule has 0 saturated carbocycles. The number of esters is 1. The molecule has 3 aromatic carbocycles. The molecule has 0 amide bonds. The highest BCUT2D eigenvalue weighted by atomic mass is 16.5. The number of allylic oxidation sites excluding steroid dienone is 2. The van der Waals surface area contributed by atoms with Gasteiger partial charge in [-0.2, -0.15) is 0 Å². The van der Waals surface area contributed by atoms with Crippen LogP contribution in [0.4, 0.5) is 0 Å². The van der Waals surface area contributed by atoms with Crippen molar-refractivity contribution in [2.24, 2.45) is 22.7 Å². The number of aromatic hydroxyl groups is 1. The molecule has 0 heterocycles. The highest BCUT2D eigenvalue weighted by Crippen LogP contribution is 2.65. The van der Waals surface area contributed by atoms with Crippen molar-refractivity contribution in [2.75, 3.05) is 6.61 Å². The van der Waals surface area contributed by atoms with Crippen LogP contribution in [-0.4, -0.2) is 56.0 Å². The molecule has 0 bridgehead atoms. The molecule has 0 saturated heterocycles. The van der Waals surface area contributed by atoms with Crippen LogP contribution in [0.25, 0.3) is 21.9 Å². The van der Waals surface area contributed by atoms with E-state index in [0.29, 0.717) is 37.0 Å². The molecule has 0 aliphatic heterocycles. The number of Topliss-reactive ketones (excluding diaryl/α,β-unsaturated/α-hetero) is 3. The van der Waals surface area contributed by atoms with E-state index >= 15 is 0 Å². The molecule has 0 fully saturated rings. The van der Waals surface area contributed by atoms with Crippen LogP contribution in [0.15, 0.2) is 71.2 Å². The van der Waals surface area contributed by atoms with Gasteiger partial charge in [-0.3, -0.25) is 19.2 Å². The molecular weight excluding hydrogens is 636 g/mol. The van der Waals surface area contributed by atoms with Crippen molar-refractivity contribution in [3.8, 4) is 16.9 Å². The van der Waals surface area contributed by atoms with Gasteiger partial charge < -0.3 is 25.2 Å². The average molecular weight is 681 g/mol. The Balaban J connectivity index is 1.52. The summed E-state index contributed by atoms with van der Waals surface area (Å²) in [6, 6.07) is 15.1. The van der Waals surface area contributed by atoms with E-state index in [1.165, 1.54) is 6.07 Å². The summed E-state index contributed by atoms with van der Waals surface area (Å²) in [6.45, 7) is 10.3. The Hall–Kier alpha value is -4.76. The summed E-state index contributed by atoms with van der Waals surface area (Å²) in [7, 11) is 0. The lowest BCUT2D eigenvalue weighted by Gasteiger charge is -2.59. The largest absolute Gasteiger partial charge is 0.511 e. The second-order valence-electron chi connectivity index (χ2n) is 14.9. The van der Waals surface area contributed by atoms with Gasteiger partial charge in [-0.25, -0.2) is 0 Å². The Labute approximate surface area is 291 Å². The van der Waals surface area contributed by atoms with E-state index in [0.717, 1.165) is 28.8 Å². The predicted octanol–water partition coefficient (Wildman–Crippen LogP) is 7.05. The molecule has 3 aromatic rings. The quantitative estimate of drug-likeness (QED) is 0.144. The lowest BCUT2D eigenvalue weighted by molar-refractivity contribution is -0.171. The molecule has 3 aliphatic rings. The van der Waals surface area contributed by atoms with Gasteiger partial charge in [0.25, 0.3) is 0 Å². The zero-order valence-corrected chi connectivity index (χ0v) is 29.3. The van der Waals surface area contributed by atoms with Crippen LogP contribution in [0.5, 0.6) is 5.75 Å². The molecule has 6 rings (SSSR count). The van der Waals surface area contributed by atoms with Crippen LogP contribution in [0.1, 0.15) is 82.3 Å². The van der Waals surface area contributed by atoms with Gasteiger partial charge in [0.05, 0.1) is 12.2 Å². The SMILES string of the molecule is CCOC(=O)CCCc1ccc(-c2ccc(O)c3c2C[C@]2(C)C[C@]4(C)C(C(C)C)C(O)=C(C(C)=O)C(=O)[C@]4(O)C(O)=C2C3=O)c2ccccc12. The van der Waals surface area contributed by atoms with Gasteiger partial charge in [0.1, 0.15) is 22.8 Å². The fourth-order valence-electron chi connectivity index (χ4n) is 9.46. The third-order valence-electron chi connectivity index (χ3n) is 11.3. The van der Waals surface area contributed by atoms with E-state index in [-0.39, 0.29) is 41.6 Å². The number of fused-ring (bicyclic) bond motifs is 4. The van der Waals surface area contributed by atoms with Crippen molar-refractivity contribution in [3.63, 3.8) is 0 Å². The third kappa shape index (κ3) is 4.92. The molecule has 9 heteroatoms. The summed E-state index contributed by atoms with van der Waals surface area (Å²) < 4.78 is 5.09. The summed E-state index contributed by atoms with van der Waals surface area (Å²) in [4.78, 5) is 53.2. The van der Waals surface area contributed by atoms with E-state index in [4.69, 9.17) is 4.74 Å². The monoisotopic (exact) mass is 680 g/mol. The van der Waals surface area contributed by atoms with Crippen LogP contribution in [-0.2, 0) is 32.0 Å². The Morgan fingerprint density at radius 2 is 1.62 bits per heavy atom. The number of hydrogen-bond acceptors (Lipinski definition) is 9. The zero-order chi connectivity index (χ0) is 36.5. The second-order valence-corrected chi connectivity index (χ2v) is 14.9. The molecular formula is C41H44O9. The first-order chi connectivity index (χ1) is 23.5. The molecule has 1 unspecified atom stereocenters. The lowest BCUT2D eigenvalue weighted by Crippen LogP contribution is -2.67. The Bertz CT molecular complexity index is 2050. The van der Waals surface area contributed by atoms with Crippen LogP contribution < -0.4 is 0 Å². The second kappa shape index (κ2) is 12.2. The summed E-state index contributed by atoms with van der Waals surface area (Å²) in [5.41, 5.74) is -2.92. The standard InChI is InChI=1S/C41H44O9/c1-7-50-30(44)14-10-11-23-15-16-26(25-13-9-8-12-24(23)25)27-17-18-29(43)32-28(27)19-39(5)20-40(6)33(21(2)3)35(45)31(22(4)42)37(47)41(40,49)38(48)34(39)36(32)46/h8-9,12-13,15-18,21,33,43,45,48-49H,7,10-11,14,19-20H2,1-6H3/t33?,39-,40-,41+/m1/s1. The van der Waals surface area contributed by atoms with Gasteiger partial charge in [0.15, 0.2) is 17.2 Å². The van der Waals surface area contributed by atoms with E-state index in [1.54, 1.807) is 26.8 Å². The number of phenolic OH excluding ortho intramolecular Hbond substituents is 1. The first-order valence-corrected chi connectivity index (χ1v) is 17.2. The maximum atomic E-state index is 14.6. The fourth-order valence-corrected chi connectivity index (χ4v) is 9.46. The number of rotatable bonds is 8. The highest BCUT2D eigenvalue weighted by Gasteiger charge is 2.71. The molecule has 50 heavy (non-hydrogen) atoms. The smallest absolute Gasteiger partial charge is 0.305 e. The van der Waals surface area contributed by atoms with Gasteiger partial charge in [-0.1, -0.05) is 70.2 Å². The summed E-state index contributed by atoms with van der Waals surface area (Å²) in [5.74, 6) is -5.65. The number of ether oxygens (including phenoxy) is 1. The normalized spacial score (nSPS) is 26.2. The molecule has 4 N–H and O–H groups in total. The molecule has 0 radical (unpaired) electrons. The minimum absolute atomic E-state index is 0.0140. The van der Waals surface area contributed by atoms with Gasteiger partial charge in [0.2, 0.25) is 5.78 Å². The number of phenols is 1. The van der Waals surface area contributed by atoms with E-state index in [1.807, 2.05) is 50.2 Å². The summed E-state index contributed by atoms with van der Waals surface area (Å²) in [6.07, 6.45) is 1.76. The third-order valence-corrected chi connectivity index (χ3v) is 11.3. The topological polar surface area (TPSA) is 158 Å². The Morgan fingerprint density at radius 1 is 0.960 bits per heavy atom. The van der Waals surface area contributed by atoms with Crippen molar-refractivity contribution in [1.82, 2.24) is 0 Å². The molecule has 0 aromatic heterocycles. The van der Waals surface area contributed by atoms with Gasteiger partial charge >= 0.3 is 5.97 Å². The van der Waals surface area contributed by atoms with Gasteiger partial charge in [-0.05, 0) is 84.5 Å². The minimum atomic E-state index is -2.66. The summed E-state index contributed by atoms with van der Waals surface area (Å²) in [5, 5.41) is 48.8. The van der Waals surface area contributed by atoms with Crippen molar-refractivity contribution in [1.29, 1.82) is 0 Å². The first-order valence-electron chi connectivity index (χ1n) is 17.2. The lowest BCUT2D eigenvalue weighted by atomic mass is 9.44. The molecule has 262 valence electrons. The van der Waals surface area contributed by atoms with E-state index < -0.39 is 56.8 Å². The fraction of sp³-hybridized carbons (Fsp3) is 0.415. The molecule has 9 nitrogen and oxygen atoms in total. The van der Waals surface area contributed by atoms with Crippen LogP contribution in [0, 0.1) is 22.7 Å².